The van der Waals surface area contributed by atoms with Gasteiger partial charge in [-0.05, 0) is 57.5 Å². The summed E-state index contributed by atoms with van der Waals surface area (Å²) in [5, 5.41) is 12.1. The highest BCUT2D eigenvalue weighted by Gasteiger charge is 2.11. The maximum Gasteiger partial charge on any atom is 0.214 e. The lowest BCUT2D eigenvalue weighted by atomic mass is 10.1. The smallest absolute Gasteiger partial charge is 0.214 e. The van der Waals surface area contributed by atoms with E-state index in [0.717, 1.165) is 23.0 Å². The molecule has 0 amide bonds. The Balaban J connectivity index is 2.06. The summed E-state index contributed by atoms with van der Waals surface area (Å²) in [6, 6.07) is 2.16. The van der Waals surface area contributed by atoms with E-state index in [0.29, 0.717) is 5.16 Å². The number of nitrogens with one attached hydrogen (secondary N) is 2. The first-order valence-electron chi connectivity index (χ1n) is 6.61. The minimum absolute atomic E-state index is 0.109. The van der Waals surface area contributed by atoms with Gasteiger partial charge in [0.2, 0.25) is 5.16 Å². The number of hydrogen-bond acceptors (Lipinski definition) is 5. The molecule has 0 saturated heterocycles. The summed E-state index contributed by atoms with van der Waals surface area (Å²) in [6.45, 7) is 11.2. The summed E-state index contributed by atoms with van der Waals surface area (Å²) >= 11 is 1.48. The molecule has 2 rings (SSSR count). The molecule has 0 aromatic carbocycles. The predicted octanol–water partition coefficient (Wildman–Crippen LogP) is 2.86. The van der Waals surface area contributed by atoms with Gasteiger partial charge in [0.1, 0.15) is 10.9 Å². The van der Waals surface area contributed by atoms with Crippen molar-refractivity contribution in [3.63, 3.8) is 0 Å². The molecule has 2 N–H and O–H groups in total. The Morgan fingerprint density at radius 2 is 2.05 bits per heavy atom. The Bertz CT molecular complexity index is 585. The summed E-state index contributed by atoms with van der Waals surface area (Å²) in [5.74, 6) is 0.816. The van der Waals surface area contributed by atoms with Crippen LogP contribution in [0, 0.1) is 13.8 Å². The van der Waals surface area contributed by atoms with Gasteiger partial charge in [-0.3, -0.25) is 5.10 Å². The molecule has 0 aliphatic carbocycles. The third kappa shape index (κ3) is 4.31. The molecular weight excluding hydrogens is 270 g/mol. The van der Waals surface area contributed by atoms with E-state index in [4.69, 9.17) is 0 Å². The highest BCUT2D eigenvalue weighted by atomic mass is 32.2. The number of aromatic amines is 1. The lowest BCUT2D eigenvalue weighted by Gasteiger charge is -2.20. The van der Waals surface area contributed by atoms with Crippen LogP contribution in [0.1, 0.15) is 37.7 Å². The van der Waals surface area contributed by atoms with E-state index >= 15 is 0 Å². The van der Waals surface area contributed by atoms with Crippen LogP contribution in [0.25, 0.3) is 0 Å². The first kappa shape index (κ1) is 15.0. The fourth-order valence-corrected chi connectivity index (χ4v) is 2.42. The third-order valence-electron chi connectivity index (χ3n) is 2.67. The topological polar surface area (TPSA) is 66.5 Å². The van der Waals surface area contributed by atoms with Gasteiger partial charge in [0.25, 0.3) is 0 Å². The van der Waals surface area contributed by atoms with Crippen LogP contribution < -0.4 is 5.32 Å². The van der Waals surface area contributed by atoms with Gasteiger partial charge < -0.3 is 5.32 Å². The molecule has 20 heavy (non-hydrogen) atoms. The molecule has 0 unspecified atom stereocenters. The third-order valence-corrected chi connectivity index (χ3v) is 3.66. The lowest BCUT2D eigenvalue weighted by Crippen LogP contribution is -2.35. The van der Waals surface area contributed by atoms with Gasteiger partial charge >= 0.3 is 0 Å². The van der Waals surface area contributed by atoms with Crippen LogP contribution in [-0.2, 0) is 6.54 Å². The van der Waals surface area contributed by atoms with Gasteiger partial charge in [-0.2, -0.15) is 0 Å². The number of H-pyrrole nitrogens is 1. The molecule has 0 spiro atoms. The van der Waals surface area contributed by atoms with E-state index in [1.165, 1.54) is 17.3 Å². The van der Waals surface area contributed by atoms with E-state index in [9.17, 15) is 0 Å². The standard InChI is InChI=1S/C14H21N5S/c1-9-6-11(8-16-14(3,4)5)7-15-12(9)20-13-17-10(2)18-19-13/h6-7,16H,8H2,1-5H3,(H,17,18,19). The number of aryl methyl sites for hydroxylation is 2. The Morgan fingerprint density at radius 1 is 1.30 bits per heavy atom. The molecule has 0 radical (unpaired) electrons. The molecule has 0 aliphatic heterocycles. The van der Waals surface area contributed by atoms with E-state index < -0.39 is 0 Å². The molecule has 0 bridgehead atoms. The normalized spacial score (nSPS) is 11.8. The number of rotatable bonds is 4. The first-order chi connectivity index (χ1) is 9.33. The van der Waals surface area contributed by atoms with Crippen LogP contribution in [0.4, 0.5) is 0 Å². The maximum atomic E-state index is 4.51. The SMILES string of the molecule is Cc1nc(Sc2ncc(CNC(C)(C)C)cc2C)n[nH]1. The van der Waals surface area contributed by atoms with E-state index in [1.807, 2.05) is 13.1 Å². The summed E-state index contributed by atoms with van der Waals surface area (Å²) in [5.41, 5.74) is 2.44. The average molecular weight is 291 g/mol. The fraction of sp³-hybridized carbons (Fsp3) is 0.500. The molecular formula is C14H21N5S. The van der Waals surface area contributed by atoms with Crippen molar-refractivity contribution in [2.75, 3.05) is 0 Å². The molecule has 0 aliphatic rings. The number of nitrogens with zero attached hydrogens (tertiary/aromatic N) is 3. The summed E-state index contributed by atoms with van der Waals surface area (Å²) in [4.78, 5) is 8.79. The largest absolute Gasteiger partial charge is 0.308 e. The average Bonchev–Trinajstić information content (AvgIpc) is 2.74. The Morgan fingerprint density at radius 3 is 2.60 bits per heavy atom. The Hall–Kier alpha value is -1.40. The van der Waals surface area contributed by atoms with Crippen LogP contribution in [0.15, 0.2) is 22.4 Å². The monoisotopic (exact) mass is 291 g/mol. The van der Waals surface area contributed by atoms with Crippen LogP contribution >= 0.6 is 11.8 Å². The van der Waals surface area contributed by atoms with Crippen molar-refractivity contribution in [2.24, 2.45) is 0 Å². The van der Waals surface area contributed by atoms with Crippen molar-refractivity contribution in [2.45, 2.75) is 56.9 Å². The second-order valence-corrected chi connectivity index (χ2v) is 6.83. The van der Waals surface area contributed by atoms with Crippen molar-refractivity contribution < 1.29 is 0 Å². The number of aromatic nitrogens is 4. The van der Waals surface area contributed by atoms with Gasteiger partial charge in [-0.15, -0.1) is 5.10 Å². The van der Waals surface area contributed by atoms with Crippen molar-refractivity contribution in [1.29, 1.82) is 0 Å². The molecule has 2 aromatic heterocycles. The first-order valence-corrected chi connectivity index (χ1v) is 7.42. The zero-order valence-corrected chi connectivity index (χ0v) is 13.4. The van der Waals surface area contributed by atoms with Crippen LogP contribution in [0.3, 0.4) is 0 Å². The summed E-state index contributed by atoms with van der Waals surface area (Å²) in [7, 11) is 0. The van der Waals surface area contributed by atoms with Crippen molar-refractivity contribution in [3.8, 4) is 0 Å². The van der Waals surface area contributed by atoms with Gasteiger partial charge in [-0.1, -0.05) is 6.07 Å². The van der Waals surface area contributed by atoms with Crippen LogP contribution in [-0.4, -0.2) is 25.7 Å². The van der Waals surface area contributed by atoms with E-state index in [1.54, 1.807) is 0 Å². The zero-order valence-electron chi connectivity index (χ0n) is 12.6. The highest BCUT2D eigenvalue weighted by molar-refractivity contribution is 7.99. The summed E-state index contributed by atoms with van der Waals surface area (Å²) in [6.07, 6.45) is 1.91. The van der Waals surface area contributed by atoms with Gasteiger partial charge in [0.05, 0.1) is 0 Å². The molecule has 5 nitrogen and oxygen atoms in total. The van der Waals surface area contributed by atoms with Gasteiger partial charge in [0.15, 0.2) is 0 Å². The molecule has 2 aromatic rings. The van der Waals surface area contributed by atoms with Crippen LogP contribution in [0.2, 0.25) is 0 Å². The highest BCUT2D eigenvalue weighted by Crippen LogP contribution is 2.25. The zero-order chi connectivity index (χ0) is 14.8. The van der Waals surface area contributed by atoms with E-state index in [-0.39, 0.29) is 5.54 Å². The van der Waals surface area contributed by atoms with Crippen molar-refractivity contribution in [1.82, 2.24) is 25.5 Å². The second-order valence-electron chi connectivity index (χ2n) is 5.87. The molecule has 6 heteroatoms. The fourth-order valence-electron chi connectivity index (χ4n) is 1.65. The quantitative estimate of drug-likeness (QED) is 0.906. The van der Waals surface area contributed by atoms with E-state index in [2.05, 4.69) is 59.2 Å². The predicted molar refractivity (Wildman–Crippen MR) is 80.8 cm³/mol. The molecule has 0 atom stereocenters. The van der Waals surface area contributed by atoms with Gasteiger partial charge in [0, 0.05) is 18.3 Å². The molecule has 108 valence electrons. The molecule has 0 saturated carbocycles. The van der Waals surface area contributed by atoms with Crippen LogP contribution in [0.5, 0.6) is 0 Å². The minimum Gasteiger partial charge on any atom is -0.308 e. The molecule has 2 heterocycles. The Kier molecular flexibility index (Phi) is 4.45. The number of hydrogen-bond donors (Lipinski definition) is 2. The van der Waals surface area contributed by atoms with Crippen molar-refractivity contribution in [3.05, 3.63) is 29.2 Å². The second kappa shape index (κ2) is 5.93. The molecule has 0 fully saturated rings. The Labute approximate surface area is 124 Å². The lowest BCUT2D eigenvalue weighted by molar-refractivity contribution is 0.424. The van der Waals surface area contributed by atoms with Gasteiger partial charge in [-0.25, -0.2) is 9.97 Å². The maximum absolute atomic E-state index is 4.51. The number of pyridine rings is 1. The van der Waals surface area contributed by atoms with Crippen molar-refractivity contribution >= 4 is 11.8 Å². The summed E-state index contributed by atoms with van der Waals surface area (Å²) < 4.78 is 0. The minimum atomic E-state index is 0.109.